The summed E-state index contributed by atoms with van der Waals surface area (Å²) in [7, 11) is 0. The van der Waals surface area contributed by atoms with E-state index >= 15 is 0 Å². The highest BCUT2D eigenvalue weighted by atomic mass is 32.1. The van der Waals surface area contributed by atoms with Crippen LogP contribution in [0.2, 0.25) is 0 Å². The Morgan fingerprint density at radius 2 is 1.73 bits per heavy atom. The summed E-state index contributed by atoms with van der Waals surface area (Å²) < 4.78 is 0. The molecule has 2 nitrogen and oxygen atoms in total. The number of aromatic nitrogens is 2. The molecule has 0 bridgehead atoms. The summed E-state index contributed by atoms with van der Waals surface area (Å²) in [5.41, 5.74) is 1.85. The molecule has 0 N–H and O–H groups in total. The predicted octanol–water partition coefficient (Wildman–Crippen LogP) is 3.07. The van der Waals surface area contributed by atoms with Gasteiger partial charge < -0.3 is 0 Å². The largest absolute Gasteiger partial charge is 0.254 e. The van der Waals surface area contributed by atoms with Crippen molar-refractivity contribution in [2.45, 2.75) is 4.90 Å². The topological polar surface area (TPSA) is 25.8 Å². The Morgan fingerprint density at radius 1 is 0.867 bits per heavy atom. The van der Waals surface area contributed by atoms with Gasteiger partial charge in [0.1, 0.15) is 0 Å². The van der Waals surface area contributed by atoms with Crippen LogP contribution in [0.15, 0.2) is 47.6 Å². The minimum atomic E-state index is 0.917. The Bertz CT molecular complexity index is 649. The first-order valence-corrected chi connectivity index (χ1v) is 5.12. The zero-order valence-electron chi connectivity index (χ0n) is 7.88. The van der Waals surface area contributed by atoms with Crippen LogP contribution >= 0.6 is 12.6 Å². The van der Waals surface area contributed by atoms with E-state index in [-0.39, 0.29) is 0 Å². The van der Waals surface area contributed by atoms with Gasteiger partial charge in [-0.05, 0) is 12.1 Å². The molecule has 0 atom stereocenters. The molecule has 0 aliphatic rings. The third-order valence-corrected chi connectivity index (χ3v) is 2.85. The van der Waals surface area contributed by atoms with Gasteiger partial charge in [0.25, 0.3) is 0 Å². The van der Waals surface area contributed by atoms with Crippen molar-refractivity contribution in [3.8, 4) is 0 Å². The van der Waals surface area contributed by atoms with Crippen molar-refractivity contribution in [1.82, 2.24) is 9.97 Å². The number of pyridine rings is 2. The molecule has 0 aliphatic heterocycles. The summed E-state index contributed by atoms with van der Waals surface area (Å²) in [6.07, 6.45) is 3.55. The quantitative estimate of drug-likeness (QED) is 0.458. The summed E-state index contributed by atoms with van der Waals surface area (Å²) in [5, 5.41) is 2.16. The second kappa shape index (κ2) is 3.21. The third-order valence-electron chi connectivity index (χ3n) is 2.46. The molecule has 2 aromatic heterocycles. The Kier molecular flexibility index (Phi) is 1.86. The van der Waals surface area contributed by atoms with Crippen molar-refractivity contribution >= 4 is 34.4 Å². The van der Waals surface area contributed by atoms with Crippen molar-refractivity contribution in [2.75, 3.05) is 0 Å². The fraction of sp³-hybridized carbons (Fsp3) is 0. The van der Waals surface area contributed by atoms with Gasteiger partial charge in [-0.1, -0.05) is 18.2 Å². The summed E-state index contributed by atoms with van der Waals surface area (Å²) in [4.78, 5) is 9.65. The third kappa shape index (κ3) is 1.27. The number of rotatable bonds is 0. The van der Waals surface area contributed by atoms with Gasteiger partial charge in [0.05, 0.1) is 11.0 Å². The number of hydrogen-bond donors (Lipinski definition) is 1. The van der Waals surface area contributed by atoms with Crippen molar-refractivity contribution in [3.05, 3.63) is 42.7 Å². The smallest absolute Gasteiger partial charge is 0.0975 e. The lowest BCUT2D eigenvalue weighted by Gasteiger charge is -2.03. The molecule has 0 radical (unpaired) electrons. The highest BCUT2D eigenvalue weighted by molar-refractivity contribution is 7.80. The van der Waals surface area contributed by atoms with Crippen LogP contribution < -0.4 is 0 Å². The highest BCUT2D eigenvalue weighted by Crippen LogP contribution is 2.25. The first-order chi connectivity index (χ1) is 7.36. The van der Waals surface area contributed by atoms with Gasteiger partial charge in [0.15, 0.2) is 0 Å². The second-order valence-electron chi connectivity index (χ2n) is 3.37. The van der Waals surface area contributed by atoms with Crippen LogP contribution in [0, 0.1) is 0 Å². The minimum absolute atomic E-state index is 0.917. The van der Waals surface area contributed by atoms with Crippen molar-refractivity contribution in [1.29, 1.82) is 0 Å². The molecular formula is C12H8N2S. The van der Waals surface area contributed by atoms with Crippen LogP contribution in [-0.2, 0) is 0 Å². The maximum absolute atomic E-state index is 4.41. The molecule has 0 fully saturated rings. The lowest BCUT2D eigenvalue weighted by Crippen LogP contribution is -1.84. The predicted molar refractivity (Wildman–Crippen MR) is 64.3 cm³/mol. The van der Waals surface area contributed by atoms with Gasteiger partial charge in [-0.25, -0.2) is 0 Å². The van der Waals surface area contributed by atoms with Crippen LogP contribution in [-0.4, -0.2) is 9.97 Å². The van der Waals surface area contributed by atoms with E-state index in [2.05, 4.69) is 22.6 Å². The molecular weight excluding hydrogens is 204 g/mol. The van der Waals surface area contributed by atoms with Gasteiger partial charge in [0, 0.05) is 28.1 Å². The van der Waals surface area contributed by atoms with Gasteiger partial charge in [-0.15, -0.1) is 12.6 Å². The first kappa shape index (κ1) is 8.68. The van der Waals surface area contributed by atoms with Crippen molar-refractivity contribution in [3.63, 3.8) is 0 Å². The zero-order valence-corrected chi connectivity index (χ0v) is 8.78. The zero-order chi connectivity index (χ0) is 10.3. The Hall–Kier alpha value is -1.61. The molecule has 2 heterocycles. The number of thiol groups is 1. The van der Waals surface area contributed by atoms with E-state index in [1.54, 1.807) is 12.4 Å². The molecule has 0 saturated heterocycles. The summed E-state index contributed by atoms with van der Waals surface area (Å²) >= 11 is 4.41. The second-order valence-corrected chi connectivity index (χ2v) is 3.85. The minimum Gasteiger partial charge on any atom is -0.254 e. The van der Waals surface area contributed by atoms with Gasteiger partial charge >= 0.3 is 0 Å². The van der Waals surface area contributed by atoms with Crippen molar-refractivity contribution < 1.29 is 0 Å². The fourth-order valence-electron chi connectivity index (χ4n) is 1.74. The molecule has 3 aromatic rings. The Morgan fingerprint density at radius 3 is 2.67 bits per heavy atom. The molecule has 0 saturated carbocycles. The fourth-order valence-corrected chi connectivity index (χ4v) is 1.99. The highest BCUT2D eigenvalue weighted by Gasteiger charge is 2.03. The van der Waals surface area contributed by atoms with Crippen LogP contribution in [0.1, 0.15) is 0 Å². The number of hydrogen-bond acceptors (Lipinski definition) is 3. The number of benzene rings is 1. The van der Waals surface area contributed by atoms with E-state index in [0.717, 1.165) is 26.7 Å². The van der Waals surface area contributed by atoms with E-state index in [1.807, 2.05) is 30.3 Å². The molecule has 0 amide bonds. The lowest BCUT2D eigenvalue weighted by molar-refractivity contribution is 1.34. The van der Waals surface area contributed by atoms with E-state index in [9.17, 15) is 0 Å². The van der Waals surface area contributed by atoms with E-state index in [0.29, 0.717) is 0 Å². The van der Waals surface area contributed by atoms with E-state index in [1.165, 1.54) is 0 Å². The normalized spacial score (nSPS) is 11.0. The SMILES string of the molecule is Sc1ccnc2c1ccc1cccnc12. The maximum atomic E-state index is 4.41. The maximum Gasteiger partial charge on any atom is 0.0975 e. The summed E-state index contributed by atoms with van der Waals surface area (Å²) in [6, 6.07) is 9.94. The summed E-state index contributed by atoms with van der Waals surface area (Å²) in [6.45, 7) is 0. The van der Waals surface area contributed by atoms with Crippen LogP contribution in [0.5, 0.6) is 0 Å². The van der Waals surface area contributed by atoms with E-state index in [4.69, 9.17) is 0 Å². The molecule has 15 heavy (non-hydrogen) atoms. The van der Waals surface area contributed by atoms with Gasteiger partial charge in [-0.3, -0.25) is 9.97 Å². The summed E-state index contributed by atoms with van der Waals surface area (Å²) in [5.74, 6) is 0. The van der Waals surface area contributed by atoms with Gasteiger partial charge in [-0.2, -0.15) is 0 Å². The number of fused-ring (bicyclic) bond motifs is 3. The average molecular weight is 212 g/mol. The molecule has 1 aromatic carbocycles. The van der Waals surface area contributed by atoms with Gasteiger partial charge in [0.2, 0.25) is 0 Å². The van der Waals surface area contributed by atoms with Crippen LogP contribution in [0.25, 0.3) is 21.8 Å². The Labute approximate surface area is 92.4 Å². The van der Waals surface area contributed by atoms with Crippen LogP contribution in [0.4, 0.5) is 0 Å². The monoisotopic (exact) mass is 212 g/mol. The van der Waals surface area contributed by atoms with Crippen LogP contribution in [0.3, 0.4) is 0 Å². The molecule has 0 unspecified atom stereocenters. The molecule has 3 rings (SSSR count). The standard InChI is InChI=1S/C12H8N2S/c15-10-5-7-14-12-9(10)4-3-8-2-1-6-13-11(8)12/h1-7H,(H,14,15). The Balaban J connectivity index is 2.60. The first-order valence-electron chi connectivity index (χ1n) is 4.68. The van der Waals surface area contributed by atoms with Crippen molar-refractivity contribution in [2.24, 2.45) is 0 Å². The molecule has 3 heteroatoms. The molecule has 0 aliphatic carbocycles. The molecule has 0 spiro atoms. The van der Waals surface area contributed by atoms with E-state index < -0.39 is 0 Å². The molecule has 72 valence electrons. The average Bonchev–Trinajstić information content (AvgIpc) is 2.29. The lowest BCUT2D eigenvalue weighted by atomic mass is 10.1. The number of nitrogens with zero attached hydrogens (tertiary/aromatic N) is 2.